The van der Waals surface area contributed by atoms with E-state index in [1.54, 1.807) is 7.11 Å². The molecule has 0 fully saturated rings. The predicted molar refractivity (Wildman–Crippen MR) is 65.6 cm³/mol. The monoisotopic (exact) mass is 326 g/mol. The van der Waals surface area contributed by atoms with E-state index in [2.05, 4.69) is 22.6 Å². The highest BCUT2D eigenvalue weighted by Gasteiger charge is 2.05. The average Bonchev–Trinajstić information content (AvgIpc) is 2.09. The van der Waals surface area contributed by atoms with Gasteiger partial charge in [0.05, 0.1) is 6.61 Å². The van der Waals surface area contributed by atoms with Crippen molar-refractivity contribution in [3.63, 3.8) is 0 Å². The lowest BCUT2D eigenvalue weighted by Crippen LogP contribution is -2.01. The normalized spacial score (nSPS) is 10.6. The van der Waals surface area contributed by atoms with Crippen LogP contribution in [0.2, 0.25) is 5.02 Å². The third-order valence-electron chi connectivity index (χ3n) is 1.83. The maximum atomic E-state index is 5.91. The molecule has 14 heavy (non-hydrogen) atoms. The SMILES string of the molecule is COCOCc1c(C)cc(Cl)cc1I. The van der Waals surface area contributed by atoms with Crippen molar-refractivity contribution in [2.45, 2.75) is 13.5 Å². The van der Waals surface area contributed by atoms with Gasteiger partial charge in [-0.05, 0) is 52.8 Å². The molecule has 0 aliphatic rings. The van der Waals surface area contributed by atoms with Gasteiger partial charge < -0.3 is 9.47 Å². The summed E-state index contributed by atoms with van der Waals surface area (Å²) in [6.07, 6.45) is 0. The van der Waals surface area contributed by atoms with E-state index >= 15 is 0 Å². The van der Waals surface area contributed by atoms with Crippen molar-refractivity contribution in [2.75, 3.05) is 13.9 Å². The van der Waals surface area contributed by atoms with Gasteiger partial charge in [-0.1, -0.05) is 11.6 Å². The summed E-state index contributed by atoms with van der Waals surface area (Å²) in [6, 6.07) is 3.87. The fraction of sp³-hybridized carbons (Fsp3) is 0.400. The van der Waals surface area contributed by atoms with Crippen LogP contribution in [0, 0.1) is 10.5 Å². The minimum absolute atomic E-state index is 0.318. The second-order valence-corrected chi connectivity index (χ2v) is 4.54. The maximum Gasteiger partial charge on any atom is 0.146 e. The summed E-state index contributed by atoms with van der Waals surface area (Å²) in [4.78, 5) is 0. The lowest BCUT2D eigenvalue weighted by atomic mass is 10.1. The van der Waals surface area contributed by atoms with Crippen LogP contribution in [0.3, 0.4) is 0 Å². The Kier molecular flexibility index (Phi) is 5.15. The molecule has 0 unspecified atom stereocenters. The Bertz CT molecular complexity index is 292. The van der Waals surface area contributed by atoms with Crippen molar-refractivity contribution in [1.82, 2.24) is 0 Å². The van der Waals surface area contributed by atoms with E-state index < -0.39 is 0 Å². The highest BCUT2D eigenvalue weighted by molar-refractivity contribution is 14.1. The van der Waals surface area contributed by atoms with Crippen molar-refractivity contribution in [2.24, 2.45) is 0 Å². The van der Waals surface area contributed by atoms with Crippen molar-refractivity contribution < 1.29 is 9.47 Å². The summed E-state index contributed by atoms with van der Waals surface area (Å²) in [7, 11) is 1.61. The standard InChI is InChI=1S/C10H12ClIO2/c1-7-3-8(11)4-10(12)9(7)5-14-6-13-2/h3-4H,5-6H2,1-2H3. The van der Waals surface area contributed by atoms with E-state index in [-0.39, 0.29) is 0 Å². The number of halogens is 2. The molecule has 0 heterocycles. The lowest BCUT2D eigenvalue weighted by Gasteiger charge is -2.09. The Morgan fingerprint density at radius 2 is 2.14 bits per heavy atom. The van der Waals surface area contributed by atoms with Crippen LogP contribution in [0.25, 0.3) is 0 Å². The second kappa shape index (κ2) is 5.90. The minimum Gasteiger partial charge on any atom is -0.359 e. The zero-order valence-corrected chi connectivity index (χ0v) is 11.1. The Hall–Kier alpha value is 0.160. The molecule has 0 aliphatic heterocycles. The number of hydrogen-bond donors (Lipinski definition) is 0. The topological polar surface area (TPSA) is 18.5 Å². The van der Waals surface area contributed by atoms with Crippen molar-refractivity contribution in [3.8, 4) is 0 Å². The van der Waals surface area contributed by atoms with Gasteiger partial charge in [0.2, 0.25) is 0 Å². The van der Waals surface area contributed by atoms with Gasteiger partial charge in [-0.3, -0.25) is 0 Å². The van der Waals surface area contributed by atoms with E-state index in [1.807, 2.05) is 19.1 Å². The van der Waals surface area contributed by atoms with Gasteiger partial charge in [-0.25, -0.2) is 0 Å². The average molecular weight is 327 g/mol. The van der Waals surface area contributed by atoms with Gasteiger partial charge in [0.25, 0.3) is 0 Å². The number of aryl methyl sites for hydroxylation is 1. The maximum absolute atomic E-state index is 5.91. The number of ether oxygens (including phenoxy) is 2. The van der Waals surface area contributed by atoms with Crippen LogP contribution in [0.15, 0.2) is 12.1 Å². The van der Waals surface area contributed by atoms with E-state index in [1.165, 1.54) is 5.56 Å². The first kappa shape index (κ1) is 12.2. The van der Waals surface area contributed by atoms with Gasteiger partial charge in [-0.2, -0.15) is 0 Å². The van der Waals surface area contributed by atoms with Gasteiger partial charge in [0.15, 0.2) is 0 Å². The fourth-order valence-electron chi connectivity index (χ4n) is 1.14. The van der Waals surface area contributed by atoms with Gasteiger partial charge in [-0.15, -0.1) is 0 Å². The summed E-state index contributed by atoms with van der Waals surface area (Å²) in [5.41, 5.74) is 2.32. The molecule has 1 aromatic carbocycles. The second-order valence-electron chi connectivity index (χ2n) is 2.94. The molecule has 0 saturated carbocycles. The summed E-state index contributed by atoms with van der Waals surface area (Å²) < 4.78 is 11.2. The molecule has 0 aromatic heterocycles. The van der Waals surface area contributed by atoms with Crippen LogP contribution in [-0.2, 0) is 16.1 Å². The number of rotatable bonds is 4. The Morgan fingerprint density at radius 1 is 1.43 bits per heavy atom. The van der Waals surface area contributed by atoms with E-state index in [9.17, 15) is 0 Å². The van der Waals surface area contributed by atoms with Crippen molar-refractivity contribution in [3.05, 3.63) is 31.9 Å². The molecule has 0 amide bonds. The number of methoxy groups -OCH3 is 1. The van der Waals surface area contributed by atoms with Gasteiger partial charge >= 0.3 is 0 Å². The third kappa shape index (κ3) is 3.38. The highest BCUT2D eigenvalue weighted by atomic mass is 127. The molecule has 0 radical (unpaired) electrons. The molecule has 2 nitrogen and oxygen atoms in total. The molecule has 0 aliphatic carbocycles. The van der Waals surface area contributed by atoms with E-state index in [0.717, 1.165) is 14.2 Å². The summed E-state index contributed by atoms with van der Waals surface area (Å²) >= 11 is 8.17. The van der Waals surface area contributed by atoms with Crippen LogP contribution < -0.4 is 0 Å². The largest absolute Gasteiger partial charge is 0.359 e. The quantitative estimate of drug-likeness (QED) is 0.480. The first-order valence-corrected chi connectivity index (χ1v) is 5.62. The highest BCUT2D eigenvalue weighted by Crippen LogP contribution is 2.22. The van der Waals surface area contributed by atoms with Crippen LogP contribution in [0.1, 0.15) is 11.1 Å². The summed E-state index contributed by atoms with van der Waals surface area (Å²) in [5.74, 6) is 0. The van der Waals surface area contributed by atoms with Gasteiger partial charge in [0, 0.05) is 15.7 Å². The predicted octanol–water partition coefficient (Wildman–Crippen LogP) is 3.37. The lowest BCUT2D eigenvalue weighted by molar-refractivity contribution is -0.0393. The third-order valence-corrected chi connectivity index (χ3v) is 3.01. The molecule has 1 aromatic rings. The molecule has 1 rings (SSSR count). The van der Waals surface area contributed by atoms with E-state index in [4.69, 9.17) is 21.1 Å². The molecule has 0 saturated heterocycles. The fourth-order valence-corrected chi connectivity index (χ4v) is 2.52. The molecule has 0 atom stereocenters. The van der Waals surface area contributed by atoms with Gasteiger partial charge in [0.1, 0.15) is 6.79 Å². The van der Waals surface area contributed by atoms with Crippen molar-refractivity contribution >= 4 is 34.2 Å². The smallest absolute Gasteiger partial charge is 0.146 e. The Morgan fingerprint density at radius 3 is 2.71 bits per heavy atom. The van der Waals surface area contributed by atoms with Crippen LogP contribution >= 0.6 is 34.2 Å². The van der Waals surface area contributed by atoms with Crippen LogP contribution in [-0.4, -0.2) is 13.9 Å². The molecular weight excluding hydrogens is 314 g/mol. The molecular formula is C10H12ClIO2. The summed E-state index contributed by atoms with van der Waals surface area (Å²) in [5, 5.41) is 0.766. The van der Waals surface area contributed by atoms with Crippen LogP contribution in [0.4, 0.5) is 0 Å². The molecule has 0 N–H and O–H groups in total. The Balaban J connectivity index is 2.75. The number of hydrogen-bond acceptors (Lipinski definition) is 2. The molecule has 0 bridgehead atoms. The van der Waals surface area contributed by atoms with Crippen molar-refractivity contribution in [1.29, 1.82) is 0 Å². The van der Waals surface area contributed by atoms with E-state index in [0.29, 0.717) is 13.4 Å². The minimum atomic E-state index is 0.318. The molecule has 78 valence electrons. The Labute approximate surface area is 103 Å². The van der Waals surface area contributed by atoms with Crippen LogP contribution in [0.5, 0.6) is 0 Å². The zero-order valence-electron chi connectivity index (χ0n) is 8.14. The molecule has 4 heteroatoms. The number of benzene rings is 1. The molecule has 0 spiro atoms. The first-order valence-electron chi connectivity index (χ1n) is 4.16. The zero-order chi connectivity index (χ0) is 10.6. The summed E-state index contributed by atoms with van der Waals surface area (Å²) in [6.45, 7) is 2.91. The first-order chi connectivity index (χ1) is 6.65.